The van der Waals surface area contributed by atoms with Gasteiger partial charge in [-0.1, -0.05) is 0 Å². The van der Waals surface area contributed by atoms with Gasteiger partial charge in [-0.3, -0.25) is 0 Å². The van der Waals surface area contributed by atoms with Crippen molar-refractivity contribution in [3.05, 3.63) is 0 Å². The lowest BCUT2D eigenvalue weighted by atomic mass is 10.1. The standard InChI is InChI=1S/C11H25NO2/c1-8(6-10(3)13)12(5)9(2)7-11(4)14/h8-11,13-14H,6-7H2,1-5H3. The van der Waals surface area contributed by atoms with Crippen LogP contribution in [0.1, 0.15) is 40.5 Å². The minimum Gasteiger partial charge on any atom is -0.393 e. The van der Waals surface area contributed by atoms with Crippen LogP contribution >= 0.6 is 0 Å². The molecule has 3 heteroatoms. The van der Waals surface area contributed by atoms with Crippen molar-refractivity contribution in [2.24, 2.45) is 0 Å². The van der Waals surface area contributed by atoms with Crippen LogP contribution in [0.2, 0.25) is 0 Å². The van der Waals surface area contributed by atoms with Crippen LogP contribution in [0.3, 0.4) is 0 Å². The van der Waals surface area contributed by atoms with Gasteiger partial charge in [-0.05, 0) is 47.6 Å². The maximum absolute atomic E-state index is 9.26. The fourth-order valence-corrected chi connectivity index (χ4v) is 1.75. The molecule has 14 heavy (non-hydrogen) atoms. The lowest BCUT2D eigenvalue weighted by Gasteiger charge is -2.32. The van der Waals surface area contributed by atoms with E-state index < -0.39 is 0 Å². The van der Waals surface area contributed by atoms with Crippen LogP contribution in [0.15, 0.2) is 0 Å². The molecule has 0 rings (SSSR count). The molecule has 4 atom stereocenters. The Morgan fingerprint density at radius 1 is 0.857 bits per heavy atom. The molecule has 0 radical (unpaired) electrons. The molecular formula is C11H25NO2. The summed E-state index contributed by atoms with van der Waals surface area (Å²) in [7, 11) is 2.04. The Morgan fingerprint density at radius 2 is 1.14 bits per heavy atom. The summed E-state index contributed by atoms with van der Waals surface area (Å²) in [6, 6.07) is 0.701. The zero-order valence-electron chi connectivity index (χ0n) is 10.1. The van der Waals surface area contributed by atoms with E-state index in [9.17, 15) is 10.2 Å². The van der Waals surface area contributed by atoms with Crippen molar-refractivity contribution < 1.29 is 10.2 Å². The van der Waals surface area contributed by atoms with Gasteiger partial charge in [0.1, 0.15) is 0 Å². The second-order valence-electron chi connectivity index (χ2n) is 4.53. The molecule has 0 aromatic rings. The number of hydrogen-bond acceptors (Lipinski definition) is 3. The maximum Gasteiger partial charge on any atom is 0.0526 e. The summed E-state index contributed by atoms with van der Waals surface area (Å²) in [5.74, 6) is 0. The highest BCUT2D eigenvalue weighted by Crippen LogP contribution is 2.12. The summed E-state index contributed by atoms with van der Waals surface area (Å²) in [4.78, 5) is 2.21. The van der Waals surface area contributed by atoms with Crippen molar-refractivity contribution in [3.8, 4) is 0 Å². The van der Waals surface area contributed by atoms with E-state index in [2.05, 4.69) is 18.7 Å². The van der Waals surface area contributed by atoms with Crippen LogP contribution in [0.4, 0.5) is 0 Å². The third-order valence-corrected chi connectivity index (χ3v) is 2.75. The van der Waals surface area contributed by atoms with Crippen molar-refractivity contribution in [1.29, 1.82) is 0 Å². The smallest absolute Gasteiger partial charge is 0.0526 e. The van der Waals surface area contributed by atoms with E-state index in [1.807, 2.05) is 20.9 Å². The van der Waals surface area contributed by atoms with E-state index in [4.69, 9.17) is 0 Å². The number of nitrogens with zero attached hydrogens (tertiary/aromatic N) is 1. The van der Waals surface area contributed by atoms with Crippen LogP contribution in [0.5, 0.6) is 0 Å². The predicted molar refractivity (Wildman–Crippen MR) is 59.3 cm³/mol. The summed E-state index contributed by atoms with van der Waals surface area (Å²) < 4.78 is 0. The van der Waals surface area contributed by atoms with Gasteiger partial charge in [-0.15, -0.1) is 0 Å². The fourth-order valence-electron chi connectivity index (χ4n) is 1.75. The van der Waals surface area contributed by atoms with Crippen molar-refractivity contribution in [2.45, 2.75) is 64.8 Å². The summed E-state index contributed by atoms with van der Waals surface area (Å²) >= 11 is 0. The van der Waals surface area contributed by atoms with Gasteiger partial charge in [0.05, 0.1) is 12.2 Å². The molecule has 86 valence electrons. The number of aliphatic hydroxyl groups excluding tert-OH is 2. The van der Waals surface area contributed by atoms with E-state index in [0.29, 0.717) is 12.1 Å². The van der Waals surface area contributed by atoms with Gasteiger partial charge in [0.25, 0.3) is 0 Å². The van der Waals surface area contributed by atoms with E-state index in [-0.39, 0.29) is 12.2 Å². The van der Waals surface area contributed by atoms with Crippen molar-refractivity contribution in [3.63, 3.8) is 0 Å². The SMILES string of the molecule is CC(O)CC(C)N(C)C(C)CC(C)O. The van der Waals surface area contributed by atoms with Gasteiger partial charge in [-0.2, -0.15) is 0 Å². The zero-order chi connectivity index (χ0) is 11.3. The first kappa shape index (κ1) is 13.9. The molecule has 0 bridgehead atoms. The third kappa shape index (κ3) is 5.58. The van der Waals surface area contributed by atoms with E-state index >= 15 is 0 Å². The first-order valence-electron chi connectivity index (χ1n) is 5.42. The molecule has 0 saturated heterocycles. The van der Waals surface area contributed by atoms with Crippen LogP contribution < -0.4 is 0 Å². The Morgan fingerprint density at radius 3 is 1.36 bits per heavy atom. The van der Waals surface area contributed by atoms with Gasteiger partial charge in [0, 0.05) is 12.1 Å². The molecule has 0 fully saturated rings. The Kier molecular flexibility index (Phi) is 6.33. The van der Waals surface area contributed by atoms with Crippen molar-refractivity contribution in [1.82, 2.24) is 4.90 Å². The van der Waals surface area contributed by atoms with Gasteiger partial charge in [0.15, 0.2) is 0 Å². The minimum absolute atomic E-state index is 0.258. The molecule has 3 nitrogen and oxygen atoms in total. The van der Waals surface area contributed by atoms with Gasteiger partial charge in [0.2, 0.25) is 0 Å². The topological polar surface area (TPSA) is 43.7 Å². The molecule has 0 saturated carbocycles. The molecule has 0 aliphatic carbocycles. The third-order valence-electron chi connectivity index (χ3n) is 2.75. The van der Waals surface area contributed by atoms with E-state index in [0.717, 1.165) is 12.8 Å². The van der Waals surface area contributed by atoms with Crippen molar-refractivity contribution in [2.75, 3.05) is 7.05 Å². The lowest BCUT2D eigenvalue weighted by molar-refractivity contribution is 0.0868. The number of aliphatic hydroxyl groups is 2. The Hall–Kier alpha value is -0.120. The zero-order valence-corrected chi connectivity index (χ0v) is 10.1. The maximum atomic E-state index is 9.26. The summed E-state index contributed by atoms with van der Waals surface area (Å²) in [5.41, 5.74) is 0. The average Bonchev–Trinajstić information content (AvgIpc) is 2.00. The van der Waals surface area contributed by atoms with E-state index in [1.165, 1.54) is 0 Å². The highest BCUT2D eigenvalue weighted by atomic mass is 16.3. The highest BCUT2D eigenvalue weighted by Gasteiger charge is 2.18. The average molecular weight is 203 g/mol. The predicted octanol–water partition coefficient (Wildman–Crippen LogP) is 1.24. The largest absolute Gasteiger partial charge is 0.393 e. The van der Waals surface area contributed by atoms with Gasteiger partial charge >= 0.3 is 0 Å². The number of rotatable bonds is 6. The molecule has 0 aromatic carbocycles. The Bertz CT molecular complexity index is 132. The first-order chi connectivity index (χ1) is 6.34. The summed E-state index contributed by atoms with van der Waals surface area (Å²) in [5, 5.41) is 18.5. The molecule has 0 aromatic heterocycles. The normalized spacial score (nSPS) is 20.6. The highest BCUT2D eigenvalue weighted by molar-refractivity contribution is 4.73. The first-order valence-corrected chi connectivity index (χ1v) is 5.42. The minimum atomic E-state index is -0.258. The van der Waals surface area contributed by atoms with Gasteiger partial charge < -0.3 is 15.1 Å². The number of hydrogen-bond donors (Lipinski definition) is 2. The van der Waals surface area contributed by atoms with Crippen LogP contribution in [-0.4, -0.2) is 46.5 Å². The molecule has 0 spiro atoms. The fraction of sp³-hybridized carbons (Fsp3) is 1.00. The summed E-state index contributed by atoms with van der Waals surface area (Å²) in [6.45, 7) is 7.82. The Balaban J connectivity index is 3.96. The van der Waals surface area contributed by atoms with Crippen LogP contribution in [-0.2, 0) is 0 Å². The quantitative estimate of drug-likeness (QED) is 0.682. The molecule has 0 heterocycles. The molecule has 0 aliphatic heterocycles. The summed E-state index contributed by atoms with van der Waals surface area (Å²) in [6.07, 6.45) is 1.04. The monoisotopic (exact) mass is 203 g/mol. The van der Waals surface area contributed by atoms with Crippen molar-refractivity contribution >= 4 is 0 Å². The molecular weight excluding hydrogens is 178 g/mol. The molecule has 0 aliphatic rings. The second kappa shape index (κ2) is 6.38. The Labute approximate surface area is 87.7 Å². The lowest BCUT2D eigenvalue weighted by Crippen LogP contribution is -2.39. The van der Waals surface area contributed by atoms with E-state index in [1.54, 1.807) is 0 Å². The molecule has 2 N–H and O–H groups in total. The molecule has 0 amide bonds. The molecule has 4 unspecified atom stereocenters. The van der Waals surface area contributed by atoms with Crippen LogP contribution in [0.25, 0.3) is 0 Å². The second-order valence-corrected chi connectivity index (χ2v) is 4.53. The van der Waals surface area contributed by atoms with Gasteiger partial charge in [-0.25, -0.2) is 0 Å². The van der Waals surface area contributed by atoms with Crippen LogP contribution in [0, 0.1) is 0 Å².